The van der Waals surface area contributed by atoms with E-state index in [1.807, 2.05) is 34.5 Å². The minimum Gasteiger partial charge on any atom is -0.486 e. The van der Waals surface area contributed by atoms with E-state index in [1.54, 1.807) is 0 Å². The van der Waals surface area contributed by atoms with Crippen LogP contribution in [0.1, 0.15) is 62.0 Å². The average molecular weight is 484 g/mol. The van der Waals surface area contributed by atoms with E-state index in [0.717, 1.165) is 36.7 Å². The van der Waals surface area contributed by atoms with Crippen molar-refractivity contribution in [2.24, 2.45) is 16.7 Å². The molecule has 1 atom stereocenters. The van der Waals surface area contributed by atoms with Gasteiger partial charge in [-0.05, 0) is 35.8 Å². The van der Waals surface area contributed by atoms with E-state index < -0.39 is 0 Å². The summed E-state index contributed by atoms with van der Waals surface area (Å²) in [5.41, 5.74) is 0.574. The van der Waals surface area contributed by atoms with Crippen LogP contribution in [0.15, 0.2) is 29.6 Å². The Morgan fingerprint density at radius 1 is 1.12 bits per heavy atom. The minimum absolute atomic E-state index is 0.0661. The van der Waals surface area contributed by atoms with Crippen molar-refractivity contribution in [1.29, 1.82) is 0 Å². The van der Waals surface area contributed by atoms with Crippen molar-refractivity contribution in [3.63, 3.8) is 0 Å². The number of ether oxygens (including phenoxy) is 2. The molecule has 34 heavy (non-hydrogen) atoms. The molecule has 3 heterocycles. The van der Waals surface area contributed by atoms with Gasteiger partial charge in [-0.25, -0.2) is 4.98 Å². The fourth-order valence-corrected chi connectivity index (χ4v) is 6.35. The number of benzene rings is 1. The highest BCUT2D eigenvalue weighted by Crippen LogP contribution is 2.68. The van der Waals surface area contributed by atoms with E-state index in [1.165, 1.54) is 11.3 Å². The van der Waals surface area contributed by atoms with Gasteiger partial charge < -0.3 is 19.7 Å². The van der Waals surface area contributed by atoms with Gasteiger partial charge >= 0.3 is 0 Å². The van der Waals surface area contributed by atoms with Gasteiger partial charge in [-0.1, -0.05) is 39.8 Å². The molecule has 2 aliphatic heterocycles. The molecule has 1 saturated carbocycles. The quantitative estimate of drug-likeness (QED) is 0.693. The maximum Gasteiger partial charge on any atom is 0.270 e. The summed E-state index contributed by atoms with van der Waals surface area (Å²) < 4.78 is 11.6. The van der Waals surface area contributed by atoms with Gasteiger partial charge in [0.05, 0.1) is 11.6 Å². The number of para-hydroxylation sites is 2. The summed E-state index contributed by atoms with van der Waals surface area (Å²) in [5, 5.41) is 5.73. The number of amides is 2. The molecule has 1 saturated heterocycles. The Bertz CT molecular complexity index is 1070. The zero-order valence-corrected chi connectivity index (χ0v) is 21.1. The summed E-state index contributed by atoms with van der Waals surface area (Å²) in [4.78, 5) is 32.4. The van der Waals surface area contributed by atoms with Crippen LogP contribution in [0.25, 0.3) is 0 Å². The van der Waals surface area contributed by atoms with Gasteiger partial charge in [0.25, 0.3) is 5.91 Å². The first-order chi connectivity index (χ1) is 16.2. The van der Waals surface area contributed by atoms with Crippen molar-refractivity contribution in [2.45, 2.75) is 52.6 Å². The summed E-state index contributed by atoms with van der Waals surface area (Å²) in [7, 11) is 0. The molecule has 1 aliphatic carbocycles. The fraction of sp³-hybridized carbons (Fsp3) is 0.577. The van der Waals surface area contributed by atoms with Crippen molar-refractivity contribution < 1.29 is 19.1 Å². The Hall–Kier alpha value is -2.61. The van der Waals surface area contributed by atoms with Crippen LogP contribution in [-0.4, -0.2) is 54.0 Å². The van der Waals surface area contributed by atoms with E-state index in [9.17, 15) is 9.59 Å². The Balaban J connectivity index is 1.11. The molecule has 1 N–H and O–H groups in total. The third-order valence-electron chi connectivity index (χ3n) is 8.24. The molecule has 7 nitrogen and oxygen atoms in total. The van der Waals surface area contributed by atoms with Gasteiger partial charge in [0.15, 0.2) is 11.5 Å². The summed E-state index contributed by atoms with van der Waals surface area (Å²) in [5.74, 6) is 1.93. The van der Waals surface area contributed by atoms with Crippen LogP contribution >= 0.6 is 11.3 Å². The highest BCUT2D eigenvalue weighted by atomic mass is 32.1. The first-order valence-corrected chi connectivity index (χ1v) is 13.0. The average Bonchev–Trinajstić information content (AvgIpc) is 3.16. The van der Waals surface area contributed by atoms with Crippen molar-refractivity contribution in [3.05, 3.63) is 40.3 Å². The van der Waals surface area contributed by atoms with Gasteiger partial charge in [0.1, 0.15) is 18.4 Å². The molecular formula is C26H33N3O4S. The number of hydrogen-bond acceptors (Lipinski definition) is 6. The molecule has 3 aliphatic rings. The smallest absolute Gasteiger partial charge is 0.270 e. The third-order valence-corrected chi connectivity index (χ3v) is 9.24. The summed E-state index contributed by atoms with van der Waals surface area (Å²) in [6, 6.07) is 7.53. The van der Waals surface area contributed by atoms with E-state index >= 15 is 0 Å². The third kappa shape index (κ3) is 4.06. The number of hydrogen-bond donors (Lipinski definition) is 1. The number of aromatic nitrogens is 1. The Kier molecular flexibility index (Phi) is 5.82. The van der Waals surface area contributed by atoms with E-state index in [-0.39, 0.29) is 28.8 Å². The lowest BCUT2D eigenvalue weighted by Gasteiger charge is -2.31. The molecule has 2 fully saturated rings. The zero-order chi connectivity index (χ0) is 24.1. The molecule has 5 rings (SSSR count). The number of rotatable bonds is 5. The predicted octanol–water partition coefficient (Wildman–Crippen LogP) is 4.10. The lowest BCUT2D eigenvalue weighted by atomic mass is 9.96. The second kappa shape index (κ2) is 8.56. The molecule has 8 heteroatoms. The number of nitrogens with one attached hydrogen (secondary N) is 1. The normalized spacial score (nSPS) is 23.4. The van der Waals surface area contributed by atoms with E-state index in [4.69, 9.17) is 9.47 Å². The first kappa shape index (κ1) is 23.1. The number of piperidine rings is 1. The minimum atomic E-state index is -0.236. The molecule has 1 aromatic carbocycles. The van der Waals surface area contributed by atoms with Crippen LogP contribution in [0.3, 0.4) is 0 Å². The van der Waals surface area contributed by atoms with Gasteiger partial charge in [0.2, 0.25) is 5.91 Å². The van der Waals surface area contributed by atoms with Crippen LogP contribution in [0.5, 0.6) is 11.5 Å². The standard InChI is InChI=1S/C26H33N3O4S/c1-25(2)21(26(25,3)4)24(31)29-11-9-16(10-12-29)23-28-18(15-34-23)22(30)27-13-17-14-32-19-7-5-6-8-20(19)33-17/h5-8,15-17,21H,9-14H2,1-4H3,(H,27,30). The Labute approximate surface area is 204 Å². The van der Waals surface area contributed by atoms with Crippen LogP contribution in [-0.2, 0) is 4.79 Å². The van der Waals surface area contributed by atoms with Crippen molar-refractivity contribution in [2.75, 3.05) is 26.2 Å². The van der Waals surface area contributed by atoms with E-state index in [0.29, 0.717) is 36.4 Å². The molecule has 0 bridgehead atoms. The molecule has 1 aromatic heterocycles. The predicted molar refractivity (Wildman–Crippen MR) is 130 cm³/mol. The largest absolute Gasteiger partial charge is 0.486 e. The highest BCUT2D eigenvalue weighted by molar-refractivity contribution is 7.09. The van der Waals surface area contributed by atoms with Gasteiger partial charge in [-0.3, -0.25) is 9.59 Å². The summed E-state index contributed by atoms with van der Waals surface area (Å²) in [6.07, 6.45) is 1.54. The summed E-state index contributed by atoms with van der Waals surface area (Å²) in [6.45, 7) is 11.0. The monoisotopic (exact) mass is 483 g/mol. The first-order valence-electron chi connectivity index (χ1n) is 12.1. The Morgan fingerprint density at radius 3 is 2.47 bits per heavy atom. The topological polar surface area (TPSA) is 80.8 Å². The SMILES string of the molecule is CC1(C)C(C(=O)N2CCC(c3nc(C(=O)NCC4COc5ccccc5O4)cs3)CC2)C1(C)C. The molecule has 0 radical (unpaired) electrons. The van der Waals surface area contributed by atoms with Crippen molar-refractivity contribution in [3.8, 4) is 11.5 Å². The van der Waals surface area contributed by atoms with Crippen LogP contribution in [0.2, 0.25) is 0 Å². The summed E-state index contributed by atoms with van der Waals surface area (Å²) >= 11 is 1.53. The van der Waals surface area contributed by atoms with Crippen molar-refractivity contribution in [1.82, 2.24) is 15.2 Å². The molecule has 2 amide bonds. The maximum atomic E-state index is 13.0. The number of likely N-dealkylation sites (tertiary alicyclic amines) is 1. The molecule has 2 aromatic rings. The second-order valence-electron chi connectivity index (χ2n) is 10.8. The number of thiazole rings is 1. The molecule has 0 spiro atoms. The lowest BCUT2D eigenvalue weighted by molar-refractivity contribution is -0.134. The lowest BCUT2D eigenvalue weighted by Crippen LogP contribution is -2.41. The number of fused-ring (bicyclic) bond motifs is 1. The number of carbonyl (C=O) groups is 2. The number of carbonyl (C=O) groups excluding carboxylic acids is 2. The van der Waals surface area contributed by atoms with Crippen LogP contribution in [0.4, 0.5) is 0 Å². The van der Waals surface area contributed by atoms with Gasteiger partial charge in [-0.15, -0.1) is 11.3 Å². The number of nitrogens with zero attached hydrogens (tertiary/aromatic N) is 2. The van der Waals surface area contributed by atoms with Gasteiger partial charge in [-0.2, -0.15) is 0 Å². The van der Waals surface area contributed by atoms with Crippen LogP contribution < -0.4 is 14.8 Å². The fourth-order valence-electron chi connectivity index (χ4n) is 5.38. The van der Waals surface area contributed by atoms with Crippen molar-refractivity contribution >= 4 is 23.2 Å². The second-order valence-corrected chi connectivity index (χ2v) is 11.6. The van der Waals surface area contributed by atoms with Crippen LogP contribution in [0, 0.1) is 16.7 Å². The highest BCUT2D eigenvalue weighted by Gasteiger charge is 2.68. The van der Waals surface area contributed by atoms with E-state index in [2.05, 4.69) is 38.0 Å². The van der Waals surface area contributed by atoms with Gasteiger partial charge in [0, 0.05) is 30.3 Å². The Morgan fingerprint density at radius 2 is 1.79 bits per heavy atom. The molecular weight excluding hydrogens is 450 g/mol. The maximum absolute atomic E-state index is 13.0. The molecule has 182 valence electrons. The molecule has 1 unspecified atom stereocenters. The zero-order valence-electron chi connectivity index (χ0n) is 20.3.